The van der Waals surface area contributed by atoms with Crippen molar-refractivity contribution in [2.24, 2.45) is 0 Å². The summed E-state index contributed by atoms with van der Waals surface area (Å²) in [4.78, 5) is 12.2. The maximum Gasteiger partial charge on any atom is 0.343 e. The molecule has 4 heteroatoms. The van der Waals surface area contributed by atoms with E-state index in [9.17, 15) is 4.79 Å². The number of carbonyl (C=O) groups excluding carboxylic acids is 1. The Morgan fingerprint density at radius 3 is 2.04 bits per heavy atom. The summed E-state index contributed by atoms with van der Waals surface area (Å²) in [6.45, 7) is 0. The fraction of sp³-hybridized carbons (Fsp3) is 0. The molecule has 0 saturated heterocycles. The van der Waals surface area contributed by atoms with Crippen molar-refractivity contribution in [3.8, 4) is 17.2 Å². The van der Waals surface area contributed by atoms with Crippen LogP contribution in [0, 0.1) is 0 Å². The van der Waals surface area contributed by atoms with Crippen LogP contribution in [0.15, 0.2) is 78.9 Å². The van der Waals surface area contributed by atoms with Gasteiger partial charge in [0.1, 0.15) is 5.75 Å². The van der Waals surface area contributed by atoms with Crippen LogP contribution >= 0.6 is 0 Å². The van der Waals surface area contributed by atoms with Gasteiger partial charge in [0, 0.05) is 5.69 Å². The van der Waals surface area contributed by atoms with Gasteiger partial charge in [-0.25, -0.2) is 4.79 Å². The van der Waals surface area contributed by atoms with Crippen LogP contribution in [0.3, 0.4) is 0 Å². The summed E-state index contributed by atoms with van der Waals surface area (Å²) in [5.74, 6) is 1.00. The summed E-state index contributed by atoms with van der Waals surface area (Å²) in [5.41, 5.74) is 6.79. The largest absolute Gasteiger partial charge is 0.453 e. The Bertz CT molecular complexity index is 798. The number of benzene rings is 3. The smallest absolute Gasteiger partial charge is 0.343 e. The minimum atomic E-state index is -0.432. The number of rotatable bonds is 4. The van der Waals surface area contributed by atoms with E-state index in [1.165, 1.54) is 0 Å². The predicted molar refractivity (Wildman–Crippen MR) is 88.8 cm³/mol. The van der Waals surface area contributed by atoms with Crippen molar-refractivity contribution in [2.45, 2.75) is 0 Å². The first-order chi connectivity index (χ1) is 11.2. The molecule has 2 N–H and O–H groups in total. The summed E-state index contributed by atoms with van der Waals surface area (Å²) in [6.07, 6.45) is 0. The van der Waals surface area contributed by atoms with Gasteiger partial charge in [0.25, 0.3) is 0 Å². The molecule has 0 aliphatic heterocycles. The molecule has 114 valence electrons. The third kappa shape index (κ3) is 3.68. The predicted octanol–water partition coefficient (Wildman–Crippen LogP) is 4.28. The SMILES string of the molecule is Nc1ccc(Oc2ccccc2OC(=O)c2ccccc2)cc1. The molecule has 0 unspecified atom stereocenters. The fourth-order valence-electron chi connectivity index (χ4n) is 2.01. The summed E-state index contributed by atoms with van der Waals surface area (Å²) in [5, 5.41) is 0. The monoisotopic (exact) mass is 305 g/mol. The Morgan fingerprint density at radius 2 is 1.35 bits per heavy atom. The number of esters is 1. The molecule has 3 aromatic carbocycles. The minimum Gasteiger partial charge on any atom is -0.453 e. The number of ether oxygens (including phenoxy) is 2. The Balaban J connectivity index is 1.80. The second kappa shape index (κ2) is 6.66. The van der Waals surface area contributed by atoms with Gasteiger partial charge < -0.3 is 15.2 Å². The second-order valence-electron chi connectivity index (χ2n) is 4.87. The molecular weight excluding hydrogens is 290 g/mol. The Kier molecular flexibility index (Phi) is 4.25. The number of hydrogen-bond acceptors (Lipinski definition) is 4. The van der Waals surface area contributed by atoms with E-state index in [2.05, 4.69) is 0 Å². The molecule has 0 aromatic heterocycles. The van der Waals surface area contributed by atoms with Crippen LogP contribution < -0.4 is 15.2 Å². The lowest BCUT2D eigenvalue weighted by molar-refractivity contribution is 0.0730. The molecular formula is C19H15NO3. The lowest BCUT2D eigenvalue weighted by Crippen LogP contribution is -2.08. The standard InChI is InChI=1S/C19H15NO3/c20-15-10-12-16(13-11-15)22-17-8-4-5-9-18(17)23-19(21)14-6-2-1-3-7-14/h1-13H,20H2. The van der Waals surface area contributed by atoms with Gasteiger partial charge in [-0.3, -0.25) is 0 Å². The average Bonchev–Trinajstić information content (AvgIpc) is 2.59. The number of nitrogen functional groups attached to an aromatic ring is 1. The first kappa shape index (κ1) is 14.7. The van der Waals surface area contributed by atoms with Gasteiger partial charge in [0.2, 0.25) is 0 Å². The average molecular weight is 305 g/mol. The summed E-state index contributed by atoms with van der Waals surface area (Å²) in [6, 6.07) is 22.8. The number of anilines is 1. The quantitative estimate of drug-likeness (QED) is 0.444. The van der Waals surface area contributed by atoms with Crippen molar-refractivity contribution < 1.29 is 14.3 Å². The molecule has 3 rings (SSSR count). The molecule has 0 aliphatic carbocycles. The van der Waals surface area contributed by atoms with Crippen molar-refractivity contribution in [1.29, 1.82) is 0 Å². The highest BCUT2D eigenvalue weighted by molar-refractivity contribution is 5.91. The molecule has 0 spiro atoms. The number of hydrogen-bond donors (Lipinski definition) is 1. The maximum atomic E-state index is 12.2. The topological polar surface area (TPSA) is 61.6 Å². The zero-order valence-corrected chi connectivity index (χ0v) is 12.3. The van der Waals surface area contributed by atoms with Crippen molar-refractivity contribution in [1.82, 2.24) is 0 Å². The van der Waals surface area contributed by atoms with E-state index >= 15 is 0 Å². The zero-order chi connectivity index (χ0) is 16.1. The Morgan fingerprint density at radius 1 is 0.739 bits per heavy atom. The third-order valence-electron chi connectivity index (χ3n) is 3.17. The first-order valence-electron chi connectivity index (χ1n) is 7.12. The van der Waals surface area contributed by atoms with E-state index in [4.69, 9.17) is 15.2 Å². The molecule has 0 bridgehead atoms. The van der Waals surface area contributed by atoms with Gasteiger partial charge in [-0.05, 0) is 48.5 Å². The second-order valence-corrected chi connectivity index (χ2v) is 4.87. The molecule has 0 amide bonds. The van der Waals surface area contributed by atoms with Crippen LogP contribution in [-0.2, 0) is 0 Å². The number of carbonyl (C=O) groups is 1. The lowest BCUT2D eigenvalue weighted by atomic mass is 10.2. The summed E-state index contributed by atoms with van der Waals surface area (Å²) >= 11 is 0. The summed E-state index contributed by atoms with van der Waals surface area (Å²) < 4.78 is 11.2. The number of para-hydroxylation sites is 2. The molecule has 23 heavy (non-hydrogen) atoms. The molecule has 4 nitrogen and oxygen atoms in total. The molecule has 0 radical (unpaired) electrons. The van der Waals surface area contributed by atoms with E-state index in [0.29, 0.717) is 28.5 Å². The van der Waals surface area contributed by atoms with Crippen molar-refractivity contribution in [3.63, 3.8) is 0 Å². The van der Waals surface area contributed by atoms with Gasteiger partial charge in [0.05, 0.1) is 5.56 Å². The highest BCUT2D eigenvalue weighted by Gasteiger charge is 2.12. The van der Waals surface area contributed by atoms with Crippen LogP contribution in [0.5, 0.6) is 17.2 Å². The van der Waals surface area contributed by atoms with Crippen LogP contribution in [0.4, 0.5) is 5.69 Å². The van der Waals surface area contributed by atoms with Gasteiger partial charge in [-0.2, -0.15) is 0 Å². The Hall–Kier alpha value is -3.27. The van der Waals surface area contributed by atoms with Crippen molar-refractivity contribution >= 4 is 11.7 Å². The fourth-order valence-corrected chi connectivity index (χ4v) is 2.01. The minimum absolute atomic E-state index is 0.359. The van der Waals surface area contributed by atoms with E-state index in [0.717, 1.165) is 0 Å². The highest BCUT2D eigenvalue weighted by atomic mass is 16.6. The molecule has 0 atom stereocenters. The van der Waals surface area contributed by atoms with Gasteiger partial charge in [-0.15, -0.1) is 0 Å². The van der Waals surface area contributed by atoms with E-state index in [-0.39, 0.29) is 0 Å². The maximum absolute atomic E-state index is 12.2. The van der Waals surface area contributed by atoms with Gasteiger partial charge in [0.15, 0.2) is 11.5 Å². The highest BCUT2D eigenvalue weighted by Crippen LogP contribution is 2.32. The third-order valence-corrected chi connectivity index (χ3v) is 3.17. The first-order valence-corrected chi connectivity index (χ1v) is 7.12. The lowest BCUT2D eigenvalue weighted by Gasteiger charge is -2.11. The van der Waals surface area contributed by atoms with Gasteiger partial charge >= 0.3 is 5.97 Å². The molecule has 0 heterocycles. The van der Waals surface area contributed by atoms with Crippen molar-refractivity contribution in [2.75, 3.05) is 5.73 Å². The van der Waals surface area contributed by atoms with E-state index in [1.54, 1.807) is 66.7 Å². The zero-order valence-electron chi connectivity index (χ0n) is 12.3. The summed E-state index contributed by atoms with van der Waals surface area (Å²) in [7, 11) is 0. The van der Waals surface area contributed by atoms with Crippen LogP contribution in [0.2, 0.25) is 0 Å². The molecule has 0 aliphatic rings. The molecule has 0 saturated carbocycles. The van der Waals surface area contributed by atoms with Crippen molar-refractivity contribution in [3.05, 3.63) is 84.4 Å². The van der Waals surface area contributed by atoms with E-state index < -0.39 is 5.97 Å². The van der Waals surface area contributed by atoms with Crippen LogP contribution in [0.25, 0.3) is 0 Å². The van der Waals surface area contributed by atoms with Crippen LogP contribution in [0.1, 0.15) is 10.4 Å². The normalized spacial score (nSPS) is 10.1. The molecule has 0 fully saturated rings. The number of nitrogens with two attached hydrogens (primary N) is 1. The van der Waals surface area contributed by atoms with E-state index in [1.807, 2.05) is 12.1 Å². The molecule has 3 aromatic rings. The van der Waals surface area contributed by atoms with Gasteiger partial charge in [-0.1, -0.05) is 30.3 Å². The van der Waals surface area contributed by atoms with Crippen LogP contribution in [-0.4, -0.2) is 5.97 Å². The Labute approximate surface area is 134 Å².